The second-order valence-corrected chi connectivity index (χ2v) is 8.72. The van der Waals surface area contributed by atoms with Crippen molar-refractivity contribution in [2.45, 2.75) is 57.7 Å². The number of benzene rings is 2. The number of carbonyl (C=O) groups is 2. The third-order valence-corrected chi connectivity index (χ3v) is 6.18. The molecule has 3 rings (SSSR count). The molecule has 0 unspecified atom stereocenters. The minimum absolute atomic E-state index is 0.157. The quantitative estimate of drug-likeness (QED) is 0.583. The van der Waals surface area contributed by atoms with Crippen molar-refractivity contribution in [2.75, 3.05) is 6.61 Å². The molecule has 2 amide bonds. The van der Waals surface area contributed by atoms with Gasteiger partial charge in [0.2, 0.25) is 5.91 Å². The summed E-state index contributed by atoms with van der Waals surface area (Å²) in [6, 6.07) is 13.7. The van der Waals surface area contributed by atoms with Crippen LogP contribution in [-0.4, -0.2) is 35.4 Å². The Kier molecular flexibility index (Phi) is 8.61. The van der Waals surface area contributed by atoms with Crippen LogP contribution in [0.3, 0.4) is 0 Å². The summed E-state index contributed by atoms with van der Waals surface area (Å²) in [7, 11) is 0. The molecule has 7 heteroatoms. The summed E-state index contributed by atoms with van der Waals surface area (Å²) in [5.74, 6) is 0.0408. The van der Waals surface area contributed by atoms with Gasteiger partial charge in [-0.15, -0.1) is 0 Å². The highest BCUT2D eigenvalue weighted by atomic mass is 35.5. The number of halogens is 2. The van der Waals surface area contributed by atoms with Crippen molar-refractivity contribution >= 4 is 35.0 Å². The summed E-state index contributed by atoms with van der Waals surface area (Å²) in [4.78, 5) is 27.6. The first-order chi connectivity index (χ1) is 14.9. The predicted octanol–water partition coefficient (Wildman–Crippen LogP) is 5.24. The van der Waals surface area contributed by atoms with Gasteiger partial charge in [-0.05, 0) is 49.6 Å². The number of nitrogens with zero attached hydrogens (tertiary/aromatic N) is 1. The van der Waals surface area contributed by atoms with E-state index in [9.17, 15) is 9.59 Å². The van der Waals surface area contributed by atoms with Crippen LogP contribution in [0, 0.1) is 0 Å². The van der Waals surface area contributed by atoms with Crippen LogP contribution in [0.15, 0.2) is 48.5 Å². The van der Waals surface area contributed by atoms with Crippen molar-refractivity contribution in [2.24, 2.45) is 0 Å². The molecule has 0 aliphatic heterocycles. The third-order valence-electron chi connectivity index (χ3n) is 5.58. The molecule has 0 aromatic heterocycles. The van der Waals surface area contributed by atoms with Gasteiger partial charge in [0.1, 0.15) is 11.8 Å². The zero-order valence-corrected chi connectivity index (χ0v) is 19.2. The summed E-state index contributed by atoms with van der Waals surface area (Å²) < 4.78 is 5.64. The van der Waals surface area contributed by atoms with E-state index in [0.717, 1.165) is 31.2 Å². The number of nitrogens with one attached hydrogen (secondary N) is 1. The van der Waals surface area contributed by atoms with Crippen molar-refractivity contribution in [3.05, 3.63) is 64.1 Å². The summed E-state index contributed by atoms with van der Waals surface area (Å²) in [6.45, 7) is 1.76. The number of carbonyl (C=O) groups excluding carboxylic acids is 2. The standard InChI is InChI=1S/C24H28Cl2N2O3/c1-17(24(30)27-20-10-3-2-4-11-20)28(15-18-8-5-6-13-22(18)26)23(29)16-31-21-12-7-9-19(25)14-21/h5-9,12-14,17,20H,2-4,10-11,15-16H2,1H3,(H,27,30)/t17-/m1/s1. The molecule has 1 fully saturated rings. The fourth-order valence-corrected chi connectivity index (χ4v) is 4.12. The van der Waals surface area contributed by atoms with Crippen molar-refractivity contribution < 1.29 is 14.3 Å². The molecular formula is C24H28Cl2N2O3. The van der Waals surface area contributed by atoms with Crippen molar-refractivity contribution in [3.63, 3.8) is 0 Å². The Bertz CT molecular complexity index is 900. The zero-order chi connectivity index (χ0) is 22.2. The average Bonchev–Trinajstić information content (AvgIpc) is 2.77. The highest BCUT2D eigenvalue weighted by Gasteiger charge is 2.28. The summed E-state index contributed by atoms with van der Waals surface area (Å²) in [5.41, 5.74) is 0.776. The molecule has 166 valence electrons. The van der Waals surface area contributed by atoms with Crippen LogP contribution in [-0.2, 0) is 16.1 Å². The Balaban J connectivity index is 1.72. The van der Waals surface area contributed by atoms with E-state index < -0.39 is 6.04 Å². The van der Waals surface area contributed by atoms with Gasteiger partial charge in [-0.1, -0.05) is 66.7 Å². The average molecular weight is 463 g/mol. The van der Waals surface area contributed by atoms with E-state index in [2.05, 4.69) is 5.32 Å². The molecular weight excluding hydrogens is 435 g/mol. The minimum Gasteiger partial charge on any atom is -0.484 e. The molecule has 1 aliphatic rings. The Morgan fingerprint density at radius 1 is 1.10 bits per heavy atom. The largest absolute Gasteiger partial charge is 0.484 e. The highest BCUT2D eigenvalue weighted by Crippen LogP contribution is 2.21. The van der Waals surface area contributed by atoms with Gasteiger partial charge in [-0.25, -0.2) is 0 Å². The molecule has 2 aromatic carbocycles. The van der Waals surface area contributed by atoms with E-state index in [0.29, 0.717) is 15.8 Å². The lowest BCUT2D eigenvalue weighted by molar-refractivity contribution is -0.142. The fraction of sp³-hybridized carbons (Fsp3) is 0.417. The summed E-state index contributed by atoms with van der Waals surface area (Å²) in [5, 5.41) is 4.19. The molecule has 2 aromatic rings. The molecule has 5 nitrogen and oxygen atoms in total. The van der Waals surface area contributed by atoms with Gasteiger partial charge in [0, 0.05) is 22.6 Å². The molecule has 1 aliphatic carbocycles. The summed E-state index contributed by atoms with van der Waals surface area (Å²) in [6.07, 6.45) is 5.41. The van der Waals surface area contributed by atoms with Crippen LogP contribution in [0.25, 0.3) is 0 Å². The first-order valence-corrected chi connectivity index (χ1v) is 11.4. The molecule has 31 heavy (non-hydrogen) atoms. The van der Waals surface area contributed by atoms with Gasteiger partial charge in [0.25, 0.3) is 5.91 Å². The normalized spacial score (nSPS) is 15.2. The van der Waals surface area contributed by atoms with Gasteiger partial charge < -0.3 is 15.0 Å². The molecule has 1 saturated carbocycles. The SMILES string of the molecule is C[C@H](C(=O)NC1CCCCC1)N(Cc1ccccc1Cl)C(=O)COc1cccc(Cl)c1. The molecule has 0 radical (unpaired) electrons. The predicted molar refractivity (Wildman–Crippen MR) is 123 cm³/mol. The molecule has 0 spiro atoms. The van der Waals surface area contributed by atoms with Crippen LogP contribution >= 0.6 is 23.2 Å². The molecule has 0 saturated heterocycles. The van der Waals surface area contributed by atoms with Crippen molar-refractivity contribution in [1.82, 2.24) is 10.2 Å². The number of ether oxygens (including phenoxy) is 1. The molecule has 0 bridgehead atoms. The minimum atomic E-state index is -0.659. The van der Waals surface area contributed by atoms with Crippen molar-refractivity contribution in [3.8, 4) is 5.75 Å². The molecule has 1 N–H and O–H groups in total. The summed E-state index contributed by atoms with van der Waals surface area (Å²) >= 11 is 12.3. The lowest BCUT2D eigenvalue weighted by Gasteiger charge is -2.31. The second-order valence-electron chi connectivity index (χ2n) is 7.88. The fourth-order valence-electron chi connectivity index (χ4n) is 3.75. The topological polar surface area (TPSA) is 58.6 Å². The Morgan fingerprint density at radius 2 is 1.84 bits per heavy atom. The number of hydrogen-bond acceptors (Lipinski definition) is 3. The van der Waals surface area contributed by atoms with Crippen LogP contribution in [0.1, 0.15) is 44.6 Å². The highest BCUT2D eigenvalue weighted by molar-refractivity contribution is 6.31. The van der Waals surface area contributed by atoms with E-state index in [1.807, 2.05) is 18.2 Å². The van der Waals surface area contributed by atoms with Gasteiger partial charge in [-0.2, -0.15) is 0 Å². The zero-order valence-electron chi connectivity index (χ0n) is 17.7. The lowest BCUT2D eigenvalue weighted by Crippen LogP contribution is -2.51. The van der Waals surface area contributed by atoms with Crippen LogP contribution in [0.5, 0.6) is 5.75 Å². The van der Waals surface area contributed by atoms with E-state index in [-0.39, 0.29) is 31.0 Å². The smallest absolute Gasteiger partial charge is 0.261 e. The van der Waals surface area contributed by atoms with Gasteiger partial charge in [0.15, 0.2) is 6.61 Å². The first-order valence-electron chi connectivity index (χ1n) is 10.7. The van der Waals surface area contributed by atoms with Crippen LogP contribution < -0.4 is 10.1 Å². The maximum atomic E-state index is 13.1. The molecule has 0 heterocycles. The third kappa shape index (κ3) is 6.88. The number of rotatable bonds is 8. The number of hydrogen-bond donors (Lipinski definition) is 1. The first kappa shape index (κ1) is 23.4. The Morgan fingerprint density at radius 3 is 2.55 bits per heavy atom. The van der Waals surface area contributed by atoms with E-state index >= 15 is 0 Å². The van der Waals surface area contributed by atoms with Gasteiger partial charge in [0.05, 0.1) is 0 Å². The van der Waals surface area contributed by atoms with E-state index in [1.54, 1.807) is 37.3 Å². The van der Waals surface area contributed by atoms with Gasteiger partial charge >= 0.3 is 0 Å². The van der Waals surface area contributed by atoms with Crippen LogP contribution in [0.4, 0.5) is 0 Å². The monoisotopic (exact) mass is 462 g/mol. The van der Waals surface area contributed by atoms with E-state index in [1.165, 1.54) is 11.3 Å². The maximum Gasteiger partial charge on any atom is 0.261 e. The maximum absolute atomic E-state index is 13.1. The molecule has 1 atom stereocenters. The van der Waals surface area contributed by atoms with Crippen molar-refractivity contribution in [1.29, 1.82) is 0 Å². The number of amides is 2. The lowest BCUT2D eigenvalue weighted by atomic mass is 9.95. The van der Waals surface area contributed by atoms with Gasteiger partial charge in [-0.3, -0.25) is 9.59 Å². The Labute approximate surface area is 193 Å². The van der Waals surface area contributed by atoms with E-state index in [4.69, 9.17) is 27.9 Å². The second kappa shape index (κ2) is 11.4. The Hall–Kier alpha value is -2.24. The van der Waals surface area contributed by atoms with Crippen LogP contribution in [0.2, 0.25) is 10.0 Å².